The zero-order valence-corrected chi connectivity index (χ0v) is 15.4. The van der Waals surface area contributed by atoms with E-state index in [1.165, 1.54) is 17.3 Å². The minimum Gasteiger partial charge on any atom is -0.332 e. The van der Waals surface area contributed by atoms with Crippen LogP contribution in [0.25, 0.3) is 11.2 Å². The minimum atomic E-state index is -0.217. The van der Waals surface area contributed by atoms with Gasteiger partial charge in [0.05, 0.1) is 10.8 Å². The molecule has 130 valence electrons. The second-order valence-corrected chi connectivity index (χ2v) is 7.39. The summed E-state index contributed by atoms with van der Waals surface area (Å²) in [6, 6.07) is 11.8. The molecule has 3 rings (SSSR count). The molecule has 2 N–H and O–H groups in total. The van der Waals surface area contributed by atoms with Gasteiger partial charge in [-0.2, -0.15) is 0 Å². The van der Waals surface area contributed by atoms with Crippen molar-refractivity contribution in [2.45, 2.75) is 43.5 Å². The molecule has 5 nitrogen and oxygen atoms in total. The van der Waals surface area contributed by atoms with Crippen molar-refractivity contribution in [1.82, 2.24) is 15.0 Å². The van der Waals surface area contributed by atoms with E-state index in [0.29, 0.717) is 23.1 Å². The number of imidazole rings is 1. The molecule has 6 heteroatoms. The van der Waals surface area contributed by atoms with E-state index in [-0.39, 0.29) is 11.2 Å². The molecule has 0 spiro atoms. The minimum absolute atomic E-state index is 0.0155. The van der Waals surface area contributed by atoms with E-state index >= 15 is 0 Å². The van der Waals surface area contributed by atoms with Gasteiger partial charge in [0.25, 0.3) is 0 Å². The highest BCUT2D eigenvalue weighted by atomic mass is 32.2. The van der Waals surface area contributed by atoms with Crippen molar-refractivity contribution >= 4 is 34.5 Å². The van der Waals surface area contributed by atoms with Crippen LogP contribution in [0.5, 0.6) is 0 Å². The number of carbonyl (C=O) groups excluding carboxylic acids is 1. The van der Waals surface area contributed by atoms with Gasteiger partial charge >= 0.3 is 0 Å². The lowest BCUT2D eigenvalue weighted by Crippen LogP contribution is -2.24. The number of carbonyl (C=O) groups is 1. The molecule has 0 saturated carbocycles. The third kappa shape index (κ3) is 4.20. The van der Waals surface area contributed by atoms with Crippen LogP contribution in [0.4, 0.5) is 5.69 Å². The maximum absolute atomic E-state index is 12.6. The summed E-state index contributed by atoms with van der Waals surface area (Å²) in [6.45, 7) is 6.30. The van der Waals surface area contributed by atoms with Crippen LogP contribution in [0.2, 0.25) is 0 Å². The second-order valence-electron chi connectivity index (χ2n) is 6.20. The van der Waals surface area contributed by atoms with Crippen LogP contribution in [0, 0.1) is 0 Å². The molecule has 25 heavy (non-hydrogen) atoms. The average Bonchev–Trinajstić information content (AvgIpc) is 3.02. The number of anilines is 1. The second kappa shape index (κ2) is 7.70. The predicted molar refractivity (Wildman–Crippen MR) is 103 cm³/mol. The molecule has 0 saturated heterocycles. The van der Waals surface area contributed by atoms with E-state index in [4.69, 9.17) is 0 Å². The number of aromatic amines is 1. The molecule has 1 atom stereocenters. The first kappa shape index (κ1) is 17.5. The summed E-state index contributed by atoms with van der Waals surface area (Å²) in [5.41, 5.74) is 3.63. The van der Waals surface area contributed by atoms with Gasteiger partial charge in [0.1, 0.15) is 0 Å². The Morgan fingerprint density at radius 3 is 2.64 bits per heavy atom. The third-order valence-electron chi connectivity index (χ3n) is 4.00. The normalized spacial score (nSPS) is 12.5. The summed E-state index contributed by atoms with van der Waals surface area (Å²) in [5, 5.41) is 3.49. The lowest BCUT2D eigenvalue weighted by atomic mass is 10.0. The number of fused-ring (bicyclic) bond motifs is 1. The molecule has 1 amide bonds. The Bertz CT molecular complexity index is 824. The molecular formula is C19H22N4OS. The largest absolute Gasteiger partial charge is 0.332 e. The average molecular weight is 354 g/mol. The molecule has 0 radical (unpaired) electrons. The Morgan fingerprint density at radius 2 is 2.00 bits per heavy atom. The highest BCUT2D eigenvalue weighted by molar-refractivity contribution is 8.00. The predicted octanol–water partition coefficient (Wildman–Crippen LogP) is 4.59. The van der Waals surface area contributed by atoms with Crippen LogP contribution >= 0.6 is 11.8 Å². The summed E-state index contributed by atoms with van der Waals surface area (Å²) in [6.07, 6.45) is 2.42. The number of H-pyrrole nitrogens is 1. The Labute approximate surface area is 151 Å². The molecule has 3 aromatic rings. The summed E-state index contributed by atoms with van der Waals surface area (Å²) >= 11 is 1.43. The molecule has 2 aromatic heterocycles. The number of benzene rings is 1. The van der Waals surface area contributed by atoms with Gasteiger partial charge in [-0.25, -0.2) is 9.97 Å². The Kier molecular flexibility index (Phi) is 5.38. The lowest BCUT2D eigenvalue weighted by molar-refractivity contribution is -0.115. The van der Waals surface area contributed by atoms with Gasteiger partial charge in [0.15, 0.2) is 10.8 Å². The van der Waals surface area contributed by atoms with Crippen LogP contribution < -0.4 is 5.32 Å². The van der Waals surface area contributed by atoms with Crippen molar-refractivity contribution in [3.63, 3.8) is 0 Å². The Morgan fingerprint density at radius 1 is 1.24 bits per heavy atom. The van der Waals surface area contributed by atoms with Crippen molar-refractivity contribution in [1.29, 1.82) is 0 Å². The van der Waals surface area contributed by atoms with E-state index in [9.17, 15) is 4.79 Å². The molecule has 1 aromatic carbocycles. The first-order valence-corrected chi connectivity index (χ1v) is 9.33. The van der Waals surface area contributed by atoms with Gasteiger partial charge in [0.2, 0.25) is 5.91 Å². The quantitative estimate of drug-likeness (QED) is 0.635. The van der Waals surface area contributed by atoms with Crippen molar-refractivity contribution in [3.05, 3.63) is 48.2 Å². The highest BCUT2D eigenvalue weighted by Gasteiger charge is 2.20. The Hall–Kier alpha value is -2.34. The van der Waals surface area contributed by atoms with Crippen LogP contribution in [0.3, 0.4) is 0 Å². The molecular weight excluding hydrogens is 332 g/mol. The number of hydrogen-bond acceptors (Lipinski definition) is 4. The highest BCUT2D eigenvalue weighted by Crippen LogP contribution is 2.26. The number of nitrogens with one attached hydrogen (secondary N) is 2. The fourth-order valence-electron chi connectivity index (χ4n) is 2.51. The topological polar surface area (TPSA) is 70.7 Å². The van der Waals surface area contributed by atoms with Crippen molar-refractivity contribution in [2.75, 3.05) is 5.32 Å². The molecule has 0 unspecified atom stereocenters. The summed E-state index contributed by atoms with van der Waals surface area (Å²) in [4.78, 5) is 24.5. The standard InChI is InChI=1S/C19H22N4OS/c1-4-16(25-19-22-15-6-5-11-20-17(15)23-19)18(24)21-14-9-7-13(8-10-14)12(2)3/h5-12,16H,4H2,1-3H3,(H,21,24)(H,20,22,23)/t16-/m0/s1. The maximum atomic E-state index is 12.6. The van der Waals surface area contributed by atoms with Gasteiger partial charge in [-0.15, -0.1) is 0 Å². The molecule has 0 aliphatic rings. The summed E-state index contributed by atoms with van der Waals surface area (Å²) < 4.78 is 0. The van der Waals surface area contributed by atoms with Crippen LogP contribution in [0.15, 0.2) is 47.8 Å². The number of amides is 1. The number of nitrogens with zero attached hydrogens (tertiary/aromatic N) is 2. The SMILES string of the molecule is CC[C@H](Sc1nc2ncccc2[nH]1)C(=O)Nc1ccc(C(C)C)cc1. The van der Waals surface area contributed by atoms with Crippen molar-refractivity contribution in [3.8, 4) is 0 Å². The number of thioether (sulfide) groups is 1. The summed E-state index contributed by atoms with van der Waals surface area (Å²) in [7, 11) is 0. The van der Waals surface area contributed by atoms with E-state index in [2.05, 4.69) is 46.2 Å². The molecule has 0 fully saturated rings. The van der Waals surface area contributed by atoms with Gasteiger partial charge in [-0.1, -0.05) is 44.7 Å². The molecule has 0 bridgehead atoms. The summed E-state index contributed by atoms with van der Waals surface area (Å²) in [5.74, 6) is 0.462. The number of pyridine rings is 1. The van der Waals surface area contributed by atoms with Crippen LogP contribution in [-0.2, 0) is 4.79 Å². The van der Waals surface area contributed by atoms with Crippen LogP contribution in [-0.4, -0.2) is 26.1 Å². The zero-order valence-electron chi connectivity index (χ0n) is 14.6. The molecule has 0 aliphatic heterocycles. The fraction of sp³-hybridized carbons (Fsp3) is 0.316. The van der Waals surface area contributed by atoms with Gasteiger partial charge < -0.3 is 10.3 Å². The zero-order chi connectivity index (χ0) is 17.8. The number of rotatable bonds is 6. The van der Waals surface area contributed by atoms with Gasteiger partial charge in [-0.05, 0) is 42.2 Å². The van der Waals surface area contributed by atoms with E-state index < -0.39 is 0 Å². The first-order valence-electron chi connectivity index (χ1n) is 8.45. The van der Waals surface area contributed by atoms with E-state index in [0.717, 1.165) is 11.2 Å². The Balaban J connectivity index is 1.68. The van der Waals surface area contributed by atoms with Crippen molar-refractivity contribution < 1.29 is 4.79 Å². The monoisotopic (exact) mass is 354 g/mol. The van der Waals surface area contributed by atoms with Gasteiger partial charge in [0, 0.05) is 11.9 Å². The lowest BCUT2D eigenvalue weighted by Gasteiger charge is -2.14. The van der Waals surface area contributed by atoms with E-state index in [1.54, 1.807) is 6.20 Å². The maximum Gasteiger partial charge on any atom is 0.237 e. The number of hydrogen-bond donors (Lipinski definition) is 2. The number of aromatic nitrogens is 3. The molecule has 2 heterocycles. The van der Waals surface area contributed by atoms with Gasteiger partial charge in [-0.3, -0.25) is 4.79 Å². The van der Waals surface area contributed by atoms with E-state index in [1.807, 2.05) is 31.2 Å². The third-order valence-corrected chi connectivity index (χ3v) is 5.25. The fourth-order valence-corrected chi connectivity index (χ4v) is 3.42. The van der Waals surface area contributed by atoms with Crippen LogP contribution in [0.1, 0.15) is 38.7 Å². The first-order chi connectivity index (χ1) is 12.1. The molecule has 0 aliphatic carbocycles. The smallest absolute Gasteiger partial charge is 0.237 e. The van der Waals surface area contributed by atoms with Crippen molar-refractivity contribution in [2.24, 2.45) is 0 Å².